The lowest BCUT2D eigenvalue weighted by molar-refractivity contribution is 0.415. The lowest BCUT2D eigenvalue weighted by Crippen LogP contribution is -2.74. The lowest BCUT2D eigenvalue weighted by atomic mass is 10.2. The van der Waals surface area contributed by atoms with Crippen molar-refractivity contribution >= 4 is 28.8 Å². The van der Waals surface area contributed by atoms with Crippen LogP contribution < -0.4 is 25.5 Å². The van der Waals surface area contributed by atoms with Crippen LogP contribution in [0.15, 0.2) is 109 Å². The van der Waals surface area contributed by atoms with Crippen molar-refractivity contribution in [3.63, 3.8) is 0 Å². The Bertz CT molecular complexity index is 950. The minimum atomic E-state index is -2.43. The predicted molar refractivity (Wildman–Crippen MR) is 126 cm³/mol. The summed E-state index contributed by atoms with van der Waals surface area (Å²) in [5, 5.41) is 5.54. The van der Waals surface area contributed by atoms with E-state index in [2.05, 4.69) is 116 Å². The largest absolute Gasteiger partial charge is 0.497 e. The number of aryl methyl sites for hydroxylation is 1. The van der Waals surface area contributed by atoms with Crippen molar-refractivity contribution in [3.8, 4) is 5.75 Å². The summed E-state index contributed by atoms with van der Waals surface area (Å²) in [6, 6.07) is 39.9. The second-order valence-corrected chi connectivity index (χ2v) is 11.1. The molecule has 0 saturated heterocycles. The molecular weight excluding hydrogens is 368 g/mol. The van der Waals surface area contributed by atoms with Gasteiger partial charge in [0.25, 0.3) is 0 Å². The summed E-state index contributed by atoms with van der Waals surface area (Å²) < 4.78 is 5.44. The van der Waals surface area contributed by atoms with Gasteiger partial charge in [0.15, 0.2) is 8.07 Å². The Morgan fingerprint density at radius 2 is 0.966 bits per heavy atom. The molecule has 0 N–H and O–H groups in total. The maximum Gasteiger partial charge on any atom is 0.179 e. The van der Waals surface area contributed by atoms with E-state index in [0.29, 0.717) is 0 Å². The topological polar surface area (TPSA) is 9.23 Å². The molecule has 4 aromatic rings. The van der Waals surface area contributed by atoms with Gasteiger partial charge in [0, 0.05) is 0 Å². The first kappa shape index (κ1) is 19.2. The fourth-order valence-corrected chi connectivity index (χ4v) is 8.93. The highest BCUT2D eigenvalue weighted by atomic mass is 28.3. The third-order valence-electron chi connectivity index (χ3n) is 5.73. The molecule has 0 bridgehead atoms. The molecule has 29 heavy (non-hydrogen) atoms. The number of hydrogen-bond acceptors (Lipinski definition) is 1. The lowest BCUT2D eigenvalue weighted by Gasteiger charge is -2.34. The van der Waals surface area contributed by atoms with Crippen molar-refractivity contribution in [1.29, 1.82) is 0 Å². The van der Waals surface area contributed by atoms with Crippen LogP contribution in [0.4, 0.5) is 0 Å². The molecule has 0 atom stereocenters. The summed E-state index contributed by atoms with van der Waals surface area (Å²) in [5.74, 6) is 0.888. The Morgan fingerprint density at radius 1 is 0.552 bits per heavy atom. The van der Waals surface area contributed by atoms with Gasteiger partial charge in [-0.2, -0.15) is 0 Å². The molecule has 4 rings (SSSR count). The van der Waals surface area contributed by atoms with Crippen molar-refractivity contribution in [2.45, 2.75) is 13.3 Å². The number of hydrogen-bond donors (Lipinski definition) is 0. The second kappa shape index (κ2) is 8.50. The SMILES string of the molecule is CCc1ccc([Si](c2ccccc2)(c2ccccc2)c2ccc(OC)cc2)cc1. The van der Waals surface area contributed by atoms with Gasteiger partial charge >= 0.3 is 0 Å². The molecule has 0 radical (unpaired) electrons. The van der Waals surface area contributed by atoms with Gasteiger partial charge in [-0.15, -0.1) is 0 Å². The fraction of sp³-hybridized carbons (Fsp3) is 0.111. The Kier molecular flexibility index (Phi) is 5.63. The minimum absolute atomic E-state index is 0.888. The Balaban J connectivity index is 2.06. The quantitative estimate of drug-likeness (QED) is 0.358. The van der Waals surface area contributed by atoms with Crippen LogP contribution in [-0.2, 0) is 6.42 Å². The van der Waals surface area contributed by atoms with E-state index >= 15 is 0 Å². The first-order chi connectivity index (χ1) is 14.3. The fourth-order valence-electron chi connectivity index (χ4n) is 4.21. The molecule has 144 valence electrons. The molecule has 2 heteroatoms. The van der Waals surface area contributed by atoms with E-state index in [4.69, 9.17) is 4.74 Å². The van der Waals surface area contributed by atoms with E-state index in [1.165, 1.54) is 26.3 Å². The Hall–Kier alpha value is -3.10. The van der Waals surface area contributed by atoms with Gasteiger partial charge in [0.05, 0.1) is 7.11 Å². The molecule has 0 aliphatic carbocycles. The molecular formula is C27H26OSi. The molecule has 0 saturated carbocycles. The minimum Gasteiger partial charge on any atom is -0.497 e. The predicted octanol–water partition coefficient (Wildman–Crippen LogP) is 3.64. The van der Waals surface area contributed by atoms with Gasteiger partial charge in [-0.05, 0) is 44.9 Å². The first-order valence-corrected chi connectivity index (χ1v) is 12.1. The van der Waals surface area contributed by atoms with Crippen LogP contribution in [-0.4, -0.2) is 15.2 Å². The highest BCUT2D eigenvalue weighted by molar-refractivity contribution is 7.19. The Morgan fingerprint density at radius 3 is 1.38 bits per heavy atom. The summed E-state index contributed by atoms with van der Waals surface area (Å²) in [6.07, 6.45) is 1.05. The van der Waals surface area contributed by atoms with Crippen LogP contribution in [0.3, 0.4) is 0 Å². The van der Waals surface area contributed by atoms with Crippen molar-refractivity contribution in [3.05, 3.63) is 115 Å². The average molecular weight is 395 g/mol. The van der Waals surface area contributed by atoms with Crippen molar-refractivity contribution in [2.75, 3.05) is 7.11 Å². The van der Waals surface area contributed by atoms with Crippen LogP contribution in [0, 0.1) is 0 Å². The zero-order chi connectivity index (χ0) is 20.1. The molecule has 0 amide bonds. The van der Waals surface area contributed by atoms with E-state index < -0.39 is 8.07 Å². The average Bonchev–Trinajstić information content (AvgIpc) is 2.82. The van der Waals surface area contributed by atoms with E-state index in [9.17, 15) is 0 Å². The molecule has 0 aromatic heterocycles. The zero-order valence-electron chi connectivity index (χ0n) is 17.0. The number of benzene rings is 4. The molecule has 1 nitrogen and oxygen atoms in total. The van der Waals surface area contributed by atoms with Gasteiger partial charge in [-0.3, -0.25) is 0 Å². The third-order valence-corrected chi connectivity index (χ3v) is 10.5. The maximum atomic E-state index is 5.44. The molecule has 0 fully saturated rings. The van der Waals surface area contributed by atoms with Crippen LogP contribution in [0.25, 0.3) is 0 Å². The number of rotatable bonds is 6. The smallest absolute Gasteiger partial charge is 0.179 e. The molecule has 4 aromatic carbocycles. The van der Waals surface area contributed by atoms with Crippen LogP contribution in [0.1, 0.15) is 12.5 Å². The summed E-state index contributed by atoms with van der Waals surface area (Å²) in [7, 11) is -0.707. The first-order valence-electron chi connectivity index (χ1n) is 10.1. The summed E-state index contributed by atoms with van der Waals surface area (Å²) in [5.41, 5.74) is 1.37. The number of methoxy groups -OCH3 is 1. The van der Waals surface area contributed by atoms with Gasteiger partial charge < -0.3 is 4.74 Å². The number of ether oxygens (including phenoxy) is 1. The normalized spacial score (nSPS) is 11.2. The van der Waals surface area contributed by atoms with Gasteiger partial charge in [0.2, 0.25) is 0 Å². The zero-order valence-corrected chi connectivity index (χ0v) is 18.0. The molecule has 0 aliphatic heterocycles. The van der Waals surface area contributed by atoms with E-state index in [1.54, 1.807) is 7.11 Å². The van der Waals surface area contributed by atoms with Gasteiger partial charge in [-0.25, -0.2) is 0 Å². The molecule has 0 aliphatic rings. The van der Waals surface area contributed by atoms with E-state index in [1.807, 2.05) is 0 Å². The summed E-state index contributed by atoms with van der Waals surface area (Å²) in [6.45, 7) is 2.21. The van der Waals surface area contributed by atoms with Crippen molar-refractivity contribution in [2.24, 2.45) is 0 Å². The highest BCUT2D eigenvalue weighted by Gasteiger charge is 2.41. The molecule has 0 spiro atoms. The van der Waals surface area contributed by atoms with Crippen molar-refractivity contribution in [1.82, 2.24) is 0 Å². The van der Waals surface area contributed by atoms with Gasteiger partial charge in [-0.1, -0.05) is 104 Å². The van der Waals surface area contributed by atoms with Crippen LogP contribution >= 0.6 is 0 Å². The van der Waals surface area contributed by atoms with E-state index in [-0.39, 0.29) is 0 Å². The standard InChI is InChI=1S/C27H26OSi/c1-3-22-14-18-26(19-15-22)29(24-10-6-4-7-11-24,25-12-8-5-9-13-25)27-20-16-23(28-2)17-21-27/h4-21H,3H2,1-2H3. The third kappa shape index (κ3) is 3.52. The van der Waals surface area contributed by atoms with Gasteiger partial charge in [0.1, 0.15) is 5.75 Å². The summed E-state index contributed by atoms with van der Waals surface area (Å²) in [4.78, 5) is 0. The highest BCUT2D eigenvalue weighted by Crippen LogP contribution is 2.13. The monoisotopic (exact) mass is 394 g/mol. The van der Waals surface area contributed by atoms with Crippen LogP contribution in [0.2, 0.25) is 0 Å². The van der Waals surface area contributed by atoms with E-state index in [0.717, 1.165) is 12.2 Å². The molecule has 0 unspecified atom stereocenters. The molecule has 0 heterocycles. The van der Waals surface area contributed by atoms with Crippen LogP contribution in [0.5, 0.6) is 5.75 Å². The Labute approximate surface area is 174 Å². The maximum absolute atomic E-state index is 5.44. The second-order valence-electron chi connectivity index (χ2n) is 7.26. The van der Waals surface area contributed by atoms with Crippen molar-refractivity contribution < 1.29 is 4.74 Å². The summed E-state index contributed by atoms with van der Waals surface area (Å²) >= 11 is 0.